The fourth-order valence-corrected chi connectivity index (χ4v) is 3.03. The van der Waals surface area contributed by atoms with Crippen LogP contribution < -0.4 is 10.2 Å². The third-order valence-electron chi connectivity index (χ3n) is 3.73. The lowest BCUT2D eigenvalue weighted by molar-refractivity contribution is -0.130. The van der Waals surface area contributed by atoms with Gasteiger partial charge in [0.15, 0.2) is 5.13 Å². The zero-order valence-electron chi connectivity index (χ0n) is 11.0. The van der Waals surface area contributed by atoms with Crippen molar-refractivity contribution < 1.29 is 4.79 Å². The van der Waals surface area contributed by atoms with Crippen LogP contribution in [0.1, 0.15) is 12.8 Å². The van der Waals surface area contributed by atoms with Crippen LogP contribution in [0.4, 0.5) is 5.13 Å². The molecule has 6 heteroatoms. The lowest BCUT2D eigenvalue weighted by atomic mass is 10.3. The van der Waals surface area contributed by atoms with Crippen LogP contribution in [-0.2, 0) is 4.79 Å². The summed E-state index contributed by atoms with van der Waals surface area (Å²) in [5.41, 5.74) is 0. The molecule has 19 heavy (non-hydrogen) atoms. The molecule has 2 aliphatic rings. The molecule has 1 saturated heterocycles. The number of hydrogen-bond donors (Lipinski definition) is 1. The summed E-state index contributed by atoms with van der Waals surface area (Å²) in [6, 6.07) is 0. The highest BCUT2D eigenvalue weighted by Crippen LogP contribution is 2.27. The summed E-state index contributed by atoms with van der Waals surface area (Å²) < 4.78 is 0. The van der Waals surface area contributed by atoms with Crippen LogP contribution in [0, 0.1) is 5.92 Å². The number of thiazole rings is 1. The van der Waals surface area contributed by atoms with E-state index in [2.05, 4.69) is 15.2 Å². The van der Waals surface area contributed by atoms with E-state index in [0.717, 1.165) is 43.8 Å². The molecular weight excluding hydrogens is 260 g/mol. The number of hydrogen-bond acceptors (Lipinski definition) is 5. The number of nitrogens with one attached hydrogen (secondary N) is 1. The van der Waals surface area contributed by atoms with E-state index in [1.807, 2.05) is 16.5 Å². The van der Waals surface area contributed by atoms with Crippen molar-refractivity contribution in [2.75, 3.05) is 44.2 Å². The molecular formula is C13H20N4OS. The summed E-state index contributed by atoms with van der Waals surface area (Å²) in [4.78, 5) is 20.6. The van der Waals surface area contributed by atoms with Gasteiger partial charge < -0.3 is 15.1 Å². The Balaban J connectivity index is 1.40. The standard InChI is InChI=1S/C13H20N4OS/c18-12(10-14-9-11-1-2-11)16-4-6-17(7-5-16)13-15-3-8-19-13/h3,8,11,14H,1-2,4-7,9-10H2. The second-order valence-electron chi connectivity index (χ2n) is 5.26. The van der Waals surface area contributed by atoms with Crippen molar-refractivity contribution in [1.29, 1.82) is 0 Å². The Labute approximate surface area is 117 Å². The van der Waals surface area contributed by atoms with Gasteiger partial charge >= 0.3 is 0 Å². The van der Waals surface area contributed by atoms with E-state index < -0.39 is 0 Å². The molecule has 2 heterocycles. The number of rotatable bonds is 5. The Morgan fingerprint density at radius 3 is 2.79 bits per heavy atom. The Morgan fingerprint density at radius 1 is 1.37 bits per heavy atom. The highest BCUT2D eigenvalue weighted by atomic mass is 32.1. The Morgan fingerprint density at radius 2 is 2.16 bits per heavy atom. The Kier molecular flexibility index (Phi) is 3.98. The first-order valence-corrected chi connectivity index (χ1v) is 7.84. The van der Waals surface area contributed by atoms with Gasteiger partial charge in [0.25, 0.3) is 0 Å². The van der Waals surface area contributed by atoms with Gasteiger partial charge in [0, 0.05) is 37.8 Å². The van der Waals surface area contributed by atoms with Crippen molar-refractivity contribution in [2.45, 2.75) is 12.8 Å². The molecule has 3 rings (SSSR count). The lowest BCUT2D eigenvalue weighted by Crippen LogP contribution is -2.51. The SMILES string of the molecule is O=C(CNCC1CC1)N1CCN(c2nccs2)CC1. The topological polar surface area (TPSA) is 48.5 Å². The number of nitrogens with zero attached hydrogens (tertiary/aromatic N) is 3. The Hall–Kier alpha value is -1.14. The van der Waals surface area contributed by atoms with E-state index in [1.54, 1.807) is 11.3 Å². The average Bonchev–Trinajstić information content (AvgIpc) is 3.10. The second-order valence-corrected chi connectivity index (χ2v) is 6.13. The maximum absolute atomic E-state index is 12.0. The van der Waals surface area contributed by atoms with Crippen LogP contribution in [0.15, 0.2) is 11.6 Å². The molecule has 5 nitrogen and oxygen atoms in total. The zero-order valence-corrected chi connectivity index (χ0v) is 11.9. The van der Waals surface area contributed by atoms with E-state index in [-0.39, 0.29) is 5.91 Å². The smallest absolute Gasteiger partial charge is 0.236 e. The number of carbonyl (C=O) groups excluding carboxylic acids is 1. The summed E-state index contributed by atoms with van der Waals surface area (Å²) in [6.07, 6.45) is 4.49. The third-order valence-corrected chi connectivity index (χ3v) is 4.56. The molecule has 1 aromatic rings. The van der Waals surface area contributed by atoms with Crippen LogP contribution in [-0.4, -0.2) is 55.1 Å². The summed E-state index contributed by atoms with van der Waals surface area (Å²) in [7, 11) is 0. The van der Waals surface area contributed by atoms with Crippen LogP contribution >= 0.6 is 11.3 Å². The van der Waals surface area contributed by atoms with Gasteiger partial charge in [-0.2, -0.15) is 0 Å². The van der Waals surface area contributed by atoms with Gasteiger partial charge in [-0.3, -0.25) is 4.79 Å². The lowest BCUT2D eigenvalue weighted by Gasteiger charge is -2.34. The van der Waals surface area contributed by atoms with Gasteiger partial charge in [0.1, 0.15) is 0 Å². The monoisotopic (exact) mass is 280 g/mol. The molecule has 1 amide bonds. The number of piperazine rings is 1. The summed E-state index contributed by atoms with van der Waals surface area (Å²) in [5.74, 6) is 1.06. The number of carbonyl (C=O) groups is 1. The van der Waals surface area contributed by atoms with E-state index in [9.17, 15) is 4.79 Å². The molecule has 2 fully saturated rings. The predicted molar refractivity (Wildman–Crippen MR) is 76.5 cm³/mol. The summed E-state index contributed by atoms with van der Waals surface area (Å²) in [6.45, 7) is 4.90. The minimum absolute atomic E-state index is 0.236. The van der Waals surface area contributed by atoms with Crippen LogP contribution in [0.3, 0.4) is 0 Å². The first kappa shape index (κ1) is 12.9. The van der Waals surface area contributed by atoms with Gasteiger partial charge in [0.05, 0.1) is 6.54 Å². The molecule has 104 valence electrons. The Bertz CT molecular complexity index is 410. The van der Waals surface area contributed by atoms with Crippen molar-refractivity contribution in [3.63, 3.8) is 0 Å². The predicted octanol–water partition coefficient (Wildman–Crippen LogP) is 0.791. The molecule has 1 N–H and O–H groups in total. The molecule has 0 aromatic carbocycles. The number of aromatic nitrogens is 1. The molecule has 1 aliphatic carbocycles. The van der Waals surface area contributed by atoms with Gasteiger partial charge in [0.2, 0.25) is 5.91 Å². The quantitative estimate of drug-likeness (QED) is 0.866. The molecule has 0 spiro atoms. The van der Waals surface area contributed by atoms with Crippen molar-refractivity contribution in [3.8, 4) is 0 Å². The van der Waals surface area contributed by atoms with Crippen molar-refractivity contribution >= 4 is 22.4 Å². The minimum atomic E-state index is 0.236. The molecule has 0 unspecified atom stereocenters. The minimum Gasteiger partial charge on any atom is -0.345 e. The van der Waals surface area contributed by atoms with E-state index in [1.165, 1.54) is 12.8 Å². The number of amides is 1. The van der Waals surface area contributed by atoms with Crippen molar-refractivity contribution in [1.82, 2.24) is 15.2 Å². The molecule has 0 bridgehead atoms. The van der Waals surface area contributed by atoms with Gasteiger partial charge in [-0.25, -0.2) is 4.98 Å². The number of anilines is 1. The third kappa shape index (κ3) is 3.45. The fraction of sp³-hybridized carbons (Fsp3) is 0.692. The molecule has 0 radical (unpaired) electrons. The van der Waals surface area contributed by atoms with E-state index in [0.29, 0.717) is 6.54 Å². The highest BCUT2D eigenvalue weighted by molar-refractivity contribution is 7.13. The van der Waals surface area contributed by atoms with Crippen LogP contribution in [0.5, 0.6) is 0 Å². The van der Waals surface area contributed by atoms with Crippen LogP contribution in [0.25, 0.3) is 0 Å². The van der Waals surface area contributed by atoms with Gasteiger partial charge in [-0.15, -0.1) is 11.3 Å². The maximum atomic E-state index is 12.0. The van der Waals surface area contributed by atoms with E-state index in [4.69, 9.17) is 0 Å². The average molecular weight is 280 g/mol. The first-order valence-electron chi connectivity index (χ1n) is 6.96. The molecule has 1 aliphatic heterocycles. The molecule has 1 aromatic heterocycles. The maximum Gasteiger partial charge on any atom is 0.236 e. The van der Waals surface area contributed by atoms with Crippen molar-refractivity contribution in [3.05, 3.63) is 11.6 Å². The molecule has 1 saturated carbocycles. The normalized spacial score (nSPS) is 19.8. The summed E-state index contributed by atoms with van der Waals surface area (Å²) >= 11 is 1.66. The first-order chi connectivity index (χ1) is 9.33. The van der Waals surface area contributed by atoms with Gasteiger partial charge in [-0.05, 0) is 25.3 Å². The fourth-order valence-electron chi connectivity index (χ4n) is 2.34. The zero-order chi connectivity index (χ0) is 13.1. The largest absolute Gasteiger partial charge is 0.345 e. The second kappa shape index (κ2) is 5.88. The van der Waals surface area contributed by atoms with Crippen LogP contribution in [0.2, 0.25) is 0 Å². The van der Waals surface area contributed by atoms with Crippen molar-refractivity contribution in [2.24, 2.45) is 5.92 Å². The highest BCUT2D eigenvalue weighted by Gasteiger charge is 2.24. The van der Waals surface area contributed by atoms with E-state index >= 15 is 0 Å². The molecule has 0 atom stereocenters. The summed E-state index contributed by atoms with van der Waals surface area (Å²) in [5, 5.41) is 6.33. The van der Waals surface area contributed by atoms with Gasteiger partial charge in [-0.1, -0.05) is 0 Å².